The Bertz CT molecular complexity index is 1470. The molecule has 44 heavy (non-hydrogen) atoms. The van der Waals surface area contributed by atoms with E-state index >= 15 is 0 Å². The van der Waals surface area contributed by atoms with Gasteiger partial charge in [-0.05, 0) is 48.6 Å². The van der Waals surface area contributed by atoms with Crippen LogP contribution in [0, 0.1) is 0 Å². The van der Waals surface area contributed by atoms with E-state index in [2.05, 4.69) is 38.6 Å². The molecule has 3 amide bonds. The van der Waals surface area contributed by atoms with E-state index in [0.717, 1.165) is 16.5 Å². The van der Waals surface area contributed by atoms with Crippen molar-refractivity contribution in [2.45, 2.75) is 49.9 Å². The third-order valence-electron chi connectivity index (χ3n) is 6.84. The second kappa shape index (κ2) is 16.2. The molecule has 4 atom stereocenters. The Labute approximate surface area is 259 Å². The molecule has 1 aromatic heterocycles. The number of aliphatic carboxylic acids is 1. The van der Waals surface area contributed by atoms with E-state index in [9.17, 15) is 29.4 Å². The van der Waals surface area contributed by atoms with Crippen LogP contribution in [0.3, 0.4) is 0 Å². The number of thiol groups is 1. The van der Waals surface area contributed by atoms with Crippen molar-refractivity contribution in [2.75, 3.05) is 12.3 Å². The molecule has 12 N–H and O–H groups in total. The highest BCUT2D eigenvalue weighted by Gasteiger charge is 2.30. The van der Waals surface area contributed by atoms with Gasteiger partial charge in [-0.1, -0.05) is 30.3 Å². The molecule has 236 valence electrons. The molecule has 2 aromatic carbocycles. The average molecular weight is 627 g/mol. The van der Waals surface area contributed by atoms with Crippen LogP contribution in [0.15, 0.2) is 59.7 Å². The minimum atomic E-state index is -1.26. The quantitative estimate of drug-likeness (QED) is 0.0425. The van der Waals surface area contributed by atoms with Gasteiger partial charge in [-0.15, -0.1) is 0 Å². The number of aromatic hydroxyl groups is 1. The zero-order valence-electron chi connectivity index (χ0n) is 23.9. The van der Waals surface area contributed by atoms with Crippen molar-refractivity contribution < 1.29 is 29.4 Å². The number of phenolic OH excluding ortho intramolecular Hbond substituents is 1. The van der Waals surface area contributed by atoms with E-state index < -0.39 is 47.9 Å². The monoisotopic (exact) mass is 626 g/mol. The number of carboxylic acid groups (broad SMARTS) is 1. The summed E-state index contributed by atoms with van der Waals surface area (Å²) in [6, 6.07) is 9.07. The molecule has 14 nitrogen and oxygen atoms in total. The van der Waals surface area contributed by atoms with Gasteiger partial charge in [0.05, 0.1) is 6.04 Å². The summed E-state index contributed by atoms with van der Waals surface area (Å²) in [5.41, 5.74) is 19.0. The molecule has 0 bridgehead atoms. The fraction of sp³-hybridized carbons (Fsp3) is 0.345. The summed E-state index contributed by atoms with van der Waals surface area (Å²) >= 11 is 4.18. The van der Waals surface area contributed by atoms with Gasteiger partial charge in [0.1, 0.15) is 23.9 Å². The number of nitrogens with zero attached hydrogens (tertiary/aromatic N) is 1. The highest BCUT2D eigenvalue weighted by atomic mass is 32.1. The number of fused-ring (bicyclic) bond motifs is 1. The summed E-state index contributed by atoms with van der Waals surface area (Å²) in [6.07, 6.45) is 2.28. The standard InChI is InChI=1S/C29H38N8O6S/c30-20(12-16-7-9-18(38)10-8-16)25(39)36-23(13-17-14-34-21-5-2-1-4-19(17)21)26(40)37-24(15-44)27(41)35-22(28(42)43)6-3-11-33-29(31)32/h1-2,4-5,7-10,14,20,22-24,34,38,44H,3,6,11-13,15,30H2,(H,35,41)(H,36,39)(H,37,40)(H,42,43)(H4,31,32,33). The predicted octanol–water partition coefficient (Wildman–Crippen LogP) is -0.492. The molecule has 0 aliphatic rings. The minimum Gasteiger partial charge on any atom is -0.508 e. The first-order valence-electron chi connectivity index (χ1n) is 13.9. The minimum absolute atomic E-state index is 0.0449. The van der Waals surface area contributed by atoms with Gasteiger partial charge in [0.2, 0.25) is 17.7 Å². The van der Waals surface area contributed by atoms with Crippen molar-refractivity contribution in [1.29, 1.82) is 0 Å². The summed E-state index contributed by atoms with van der Waals surface area (Å²) < 4.78 is 0. The molecule has 0 radical (unpaired) electrons. The molecular formula is C29H38N8O6S. The summed E-state index contributed by atoms with van der Waals surface area (Å²) in [4.78, 5) is 58.4. The van der Waals surface area contributed by atoms with Crippen LogP contribution in [0.2, 0.25) is 0 Å². The number of carbonyl (C=O) groups excluding carboxylic acids is 3. The molecular weight excluding hydrogens is 588 g/mol. The Morgan fingerprint density at radius 2 is 1.52 bits per heavy atom. The number of guanidine groups is 1. The van der Waals surface area contributed by atoms with Crippen LogP contribution in [0.5, 0.6) is 5.75 Å². The van der Waals surface area contributed by atoms with Gasteiger partial charge in [-0.25, -0.2) is 4.79 Å². The first-order valence-corrected chi connectivity index (χ1v) is 14.5. The van der Waals surface area contributed by atoms with Crippen molar-refractivity contribution in [1.82, 2.24) is 20.9 Å². The fourth-order valence-electron chi connectivity index (χ4n) is 4.49. The van der Waals surface area contributed by atoms with E-state index in [0.29, 0.717) is 5.56 Å². The zero-order valence-corrected chi connectivity index (χ0v) is 24.8. The molecule has 3 aromatic rings. The molecule has 0 saturated heterocycles. The maximum absolute atomic E-state index is 13.6. The second-order valence-electron chi connectivity index (χ2n) is 10.2. The lowest BCUT2D eigenvalue weighted by Gasteiger charge is -2.24. The van der Waals surface area contributed by atoms with Crippen molar-refractivity contribution >= 4 is 53.2 Å². The number of phenols is 1. The molecule has 4 unspecified atom stereocenters. The number of rotatable bonds is 16. The Morgan fingerprint density at radius 3 is 2.18 bits per heavy atom. The van der Waals surface area contributed by atoms with Crippen molar-refractivity contribution in [2.24, 2.45) is 22.2 Å². The third kappa shape index (κ3) is 9.91. The number of nitrogens with two attached hydrogens (primary N) is 3. The molecule has 0 fully saturated rings. The Morgan fingerprint density at radius 1 is 0.886 bits per heavy atom. The maximum atomic E-state index is 13.6. The van der Waals surface area contributed by atoms with Gasteiger partial charge in [0.25, 0.3) is 0 Å². The number of aromatic nitrogens is 1. The number of hydrogen-bond acceptors (Lipinski definition) is 8. The molecule has 1 heterocycles. The number of carboxylic acids is 1. The number of benzene rings is 2. The van der Waals surface area contributed by atoms with Crippen LogP contribution in [0.4, 0.5) is 0 Å². The number of H-pyrrole nitrogens is 1. The van der Waals surface area contributed by atoms with E-state index in [-0.39, 0.29) is 49.7 Å². The van der Waals surface area contributed by atoms with Gasteiger partial charge < -0.3 is 48.3 Å². The van der Waals surface area contributed by atoms with E-state index in [1.165, 1.54) is 12.1 Å². The Hall–Kier alpha value is -4.76. The molecule has 15 heteroatoms. The molecule has 0 saturated carbocycles. The van der Waals surface area contributed by atoms with Crippen LogP contribution in [-0.2, 0) is 32.0 Å². The number of para-hydroxylation sites is 1. The number of nitrogens with one attached hydrogen (secondary N) is 4. The van der Waals surface area contributed by atoms with E-state index in [1.807, 2.05) is 24.3 Å². The smallest absolute Gasteiger partial charge is 0.326 e. The summed E-state index contributed by atoms with van der Waals surface area (Å²) in [7, 11) is 0. The molecule has 0 aliphatic heterocycles. The largest absolute Gasteiger partial charge is 0.508 e. The van der Waals surface area contributed by atoms with Gasteiger partial charge in [-0.2, -0.15) is 12.6 Å². The van der Waals surface area contributed by atoms with Crippen molar-refractivity contribution in [3.8, 4) is 5.75 Å². The fourth-order valence-corrected chi connectivity index (χ4v) is 4.74. The van der Waals surface area contributed by atoms with Crippen LogP contribution in [0.1, 0.15) is 24.0 Å². The SMILES string of the molecule is NC(N)=NCCCC(NC(=O)C(CS)NC(=O)C(Cc1c[nH]c2ccccc12)NC(=O)C(N)Cc1ccc(O)cc1)C(=O)O. The van der Waals surface area contributed by atoms with E-state index in [4.69, 9.17) is 17.2 Å². The number of aliphatic imine (C=N–C) groups is 1. The second-order valence-corrected chi connectivity index (χ2v) is 10.6. The summed E-state index contributed by atoms with van der Waals surface area (Å²) in [6.45, 7) is 0.179. The Balaban J connectivity index is 1.74. The predicted molar refractivity (Wildman–Crippen MR) is 169 cm³/mol. The van der Waals surface area contributed by atoms with Gasteiger partial charge in [-0.3, -0.25) is 19.4 Å². The van der Waals surface area contributed by atoms with Gasteiger partial charge in [0.15, 0.2) is 5.96 Å². The number of carbonyl (C=O) groups is 4. The van der Waals surface area contributed by atoms with Crippen LogP contribution in [-0.4, -0.2) is 81.3 Å². The highest BCUT2D eigenvalue weighted by molar-refractivity contribution is 7.80. The Kier molecular flexibility index (Phi) is 12.4. The lowest BCUT2D eigenvalue weighted by molar-refractivity contribution is -0.142. The first kappa shape index (κ1) is 33.7. The van der Waals surface area contributed by atoms with E-state index in [1.54, 1.807) is 18.3 Å². The zero-order chi connectivity index (χ0) is 32.2. The number of aromatic amines is 1. The molecule has 3 rings (SSSR count). The first-order chi connectivity index (χ1) is 21.0. The number of amides is 3. The lowest BCUT2D eigenvalue weighted by atomic mass is 10.0. The van der Waals surface area contributed by atoms with Crippen LogP contribution >= 0.6 is 12.6 Å². The summed E-state index contributed by atoms with van der Waals surface area (Å²) in [5.74, 6) is -3.51. The van der Waals surface area contributed by atoms with Crippen LogP contribution in [0.25, 0.3) is 10.9 Å². The average Bonchev–Trinajstić information content (AvgIpc) is 3.40. The summed E-state index contributed by atoms with van der Waals surface area (Å²) in [5, 5.41) is 27.6. The lowest BCUT2D eigenvalue weighted by Crippen LogP contribution is -2.58. The van der Waals surface area contributed by atoms with Gasteiger partial charge >= 0.3 is 5.97 Å². The molecule has 0 spiro atoms. The highest BCUT2D eigenvalue weighted by Crippen LogP contribution is 2.19. The molecule has 0 aliphatic carbocycles. The van der Waals surface area contributed by atoms with Crippen molar-refractivity contribution in [3.05, 3.63) is 65.9 Å². The number of hydrogen-bond donors (Lipinski definition) is 10. The van der Waals surface area contributed by atoms with Crippen LogP contribution < -0.4 is 33.2 Å². The normalized spacial score (nSPS) is 13.7. The third-order valence-corrected chi connectivity index (χ3v) is 7.20. The topological polar surface area (TPSA) is 251 Å². The van der Waals surface area contributed by atoms with Crippen molar-refractivity contribution in [3.63, 3.8) is 0 Å². The van der Waals surface area contributed by atoms with Gasteiger partial charge in [0, 0.05) is 35.8 Å². The maximum Gasteiger partial charge on any atom is 0.326 e.